The number of hydrogen-bond acceptors (Lipinski definition) is 4. The molecule has 0 unspecified atom stereocenters. The van der Waals surface area contributed by atoms with Crippen LogP contribution in [0.4, 0.5) is 14.5 Å². The highest BCUT2D eigenvalue weighted by atomic mass is 35.5. The largest absolute Gasteiger partial charge is 0.619 e. The van der Waals surface area contributed by atoms with Gasteiger partial charge in [-0.3, -0.25) is 9.63 Å². The molecule has 0 N–H and O–H groups in total. The van der Waals surface area contributed by atoms with E-state index in [0.717, 1.165) is 30.3 Å². The fourth-order valence-corrected chi connectivity index (χ4v) is 2.87. The molecule has 1 aromatic heterocycles. The number of aromatic nitrogens is 1. The molecule has 1 saturated carbocycles. The van der Waals surface area contributed by atoms with E-state index >= 15 is 0 Å². The van der Waals surface area contributed by atoms with E-state index in [9.17, 15) is 18.8 Å². The number of hydroxylamine groups is 1. The quantitative estimate of drug-likeness (QED) is 0.383. The normalized spacial score (nSPS) is 13.7. The Balaban J connectivity index is 1.89. The molecule has 1 amide bonds. The van der Waals surface area contributed by atoms with Crippen molar-refractivity contribution in [2.24, 2.45) is 5.92 Å². The number of carbonyl (C=O) groups is 1. The van der Waals surface area contributed by atoms with Crippen LogP contribution < -0.4 is 14.5 Å². The zero-order chi connectivity index (χ0) is 19.6. The van der Waals surface area contributed by atoms with Gasteiger partial charge in [-0.15, -0.1) is 0 Å². The van der Waals surface area contributed by atoms with Crippen LogP contribution in [0.5, 0.6) is 5.75 Å². The highest BCUT2D eigenvalue weighted by molar-refractivity contribution is 6.39. The molecule has 0 bridgehead atoms. The highest BCUT2D eigenvalue weighted by Crippen LogP contribution is 2.35. The number of halogens is 4. The van der Waals surface area contributed by atoms with Crippen molar-refractivity contribution in [1.29, 1.82) is 0 Å². The Morgan fingerprint density at radius 2 is 1.81 bits per heavy atom. The molecule has 0 radical (unpaired) electrons. The summed E-state index contributed by atoms with van der Waals surface area (Å²) in [7, 11) is 0. The molecule has 10 heteroatoms. The second-order valence-corrected chi connectivity index (χ2v) is 6.72. The predicted molar refractivity (Wildman–Crippen MR) is 94.0 cm³/mol. The van der Waals surface area contributed by atoms with Crippen LogP contribution in [0.15, 0.2) is 36.7 Å². The molecule has 3 rings (SSSR count). The smallest absolute Gasteiger partial charge is 0.387 e. The second-order valence-electron chi connectivity index (χ2n) is 5.90. The number of anilines is 1. The van der Waals surface area contributed by atoms with Crippen molar-refractivity contribution >= 4 is 34.8 Å². The lowest BCUT2D eigenvalue weighted by atomic mass is 10.2. The second kappa shape index (κ2) is 8.24. The fraction of sp³-hybridized carbons (Fsp3) is 0.294. The molecule has 6 nitrogen and oxygen atoms in total. The van der Waals surface area contributed by atoms with Gasteiger partial charge in [-0.25, -0.2) is 0 Å². The van der Waals surface area contributed by atoms with Crippen LogP contribution in [0.25, 0.3) is 0 Å². The number of alkyl halides is 2. The van der Waals surface area contributed by atoms with Crippen LogP contribution in [0.2, 0.25) is 10.0 Å². The number of carbonyl (C=O) groups excluding carboxylic acids is 1. The zero-order valence-corrected chi connectivity index (χ0v) is 15.3. The van der Waals surface area contributed by atoms with E-state index in [0.29, 0.717) is 10.6 Å². The van der Waals surface area contributed by atoms with E-state index < -0.39 is 12.5 Å². The Bertz CT molecular complexity index is 809. The van der Waals surface area contributed by atoms with Gasteiger partial charge >= 0.3 is 6.61 Å². The van der Waals surface area contributed by atoms with Crippen molar-refractivity contribution < 1.29 is 27.9 Å². The molecule has 0 saturated heterocycles. The average molecular weight is 419 g/mol. The van der Waals surface area contributed by atoms with E-state index in [2.05, 4.69) is 4.74 Å². The van der Waals surface area contributed by atoms with Crippen LogP contribution in [0, 0.1) is 11.1 Å². The summed E-state index contributed by atoms with van der Waals surface area (Å²) in [5, 5.41) is 12.2. The zero-order valence-electron chi connectivity index (χ0n) is 13.8. The maximum Gasteiger partial charge on any atom is 0.387 e. The van der Waals surface area contributed by atoms with Gasteiger partial charge in [-0.1, -0.05) is 23.2 Å². The summed E-state index contributed by atoms with van der Waals surface area (Å²) in [4.78, 5) is 18.5. The summed E-state index contributed by atoms with van der Waals surface area (Å²) >= 11 is 12.2. The number of rotatable bonds is 7. The molecule has 0 spiro atoms. The number of pyridine rings is 1. The van der Waals surface area contributed by atoms with E-state index in [1.165, 1.54) is 24.3 Å². The van der Waals surface area contributed by atoms with Crippen molar-refractivity contribution in [1.82, 2.24) is 0 Å². The predicted octanol–water partition coefficient (Wildman–Crippen LogP) is 4.22. The Hall–Kier alpha value is -2.16. The SMILES string of the molecule is O=C(c1ccc(OC(F)F)cc1)N(OCC1CC1)c1c(Cl)c[n+]([O-])cc1Cl. The molecule has 0 atom stereocenters. The number of ether oxygens (including phenoxy) is 1. The topological polar surface area (TPSA) is 65.7 Å². The minimum absolute atomic E-state index is 0.0315. The highest BCUT2D eigenvalue weighted by Gasteiger charge is 2.29. The van der Waals surface area contributed by atoms with Gasteiger partial charge in [-0.2, -0.15) is 18.6 Å². The monoisotopic (exact) mass is 418 g/mol. The molecule has 2 aromatic rings. The van der Waals surface area contributed by atoms with Crippen LogP contribution in [-0.2, 0) is 4.84 Å². The van der Waals surface area contributed by atoms with Gasteiger partial charge in [0.2, 0.25) is 12.4 Å². The van der Waals surface area contributed by atoms with Crippen molar-refractivity contribution in [3.8, 4) is 5.75 Å². The third-order valence-electron chi connectivity index (χ3n) is 3.78. The van der Waals surface area contributed by atoms with Crippen molar-refractivity contribution in [2.75, 3.05) is 11.7 Å². The minimum atomic E-state index is -2.97. The molecule has 1 aromatic carbocycles. The summed E-state index contributed by atoms with van der Waals surface area (Å²) in [5.74, 6) is -0.380. The van der Waals surface area contributed by atoms with Crippen LogP contribution in [0.3, 0.4) is 0 Å². The molecule has 27 heavy (non-hydrogen) atoms. The van der Waals surface area contributed by atoms with Gasteiger partial charge in [-0.05, 0) is 43.0 Å². The van der Waals surface area contributed by atoms with E-state index in [1.807, 2.05) is 0 Å². The van der Waals surface area contributed by atoms with Crippen LogP contribution in [0.1, 0.15) is 23.2 Å². The lowest BCUT2D eigenvalue weighted by Crippen LogP contribution is -2.34. The summed E-state index contributed by atoms with van der Waals surface area (Å²) in [6.07, 6.45) is 4.06. The summed E-state index contributed by atoms with van der Waals surface area (Å²) < 4.78 is 29.2. The first-order valence-corrected chi connectivity index (χ1v) is 8.71. The molecule has 1 heterocycles. The Morgan fingerprint density at radius 3 is 2.33 bits per heavy atom. The molecule has 1 aliphatic carbocycles. The maximum atomic E-state index is 12.9. The number of nitrogens with zero attached hydrogens (tertiary/aromatic N) is 2. The molecule has 144 valence electrons. The van der Waals surface area contributed by atoms with Crippen LogP contribution in [-0.4, -0.2) is 19.1 Å². The lowest BCUT2D eigenvalue weighted by molar-refractivity contribution is -0.605. The Morgan fingerprint density at radius 1 is 1.22 bits per heavy atom. The van der Waals surface area contributed by atoms with Gasteiger partial charge in [0.1, 0.15) is 21.5 Å². The number of benzene rings is 1. The minimum Gasteiger partial charge on any atom is -0.619 e. The first-order chi connectivity index (χ1) is 12.8. The molecule has 1 fully saturated rings. The first-order valence-electron chi connectivity index (χ1n) is 7.95. The van der Waals surface area contributed by atoms with Gasteiger partial charge in [0.15, 0.2) is 0 Å². The van der Waals surface area contributed by atoms with Crippen molar-refractivity contribution in [3.05, 3.63) is 57.5 Å². The Labute approximate surface area is 163 Å². The number of amides is 1. The first kappa shape index (κ1) is 19.6. The molecular weight excluding hydrogens is 405 g/mol. The fourth-order valence-electron chi connectivity index (χ4n) is 2.28. The van der Waals surface area contributed by atoms with Crippen LogP contribution >= 0.6 is 23.2 Å². The van der Waals surface area contributed by atoms with Crippen molar-refractivity contribution in [3.63, 3.8) is 0 Å². The standard InChI is InChI=1S/C17H14Cl2F2N2O4/c18-13-7-22(25)8-14(19)15(13)23(26-9-10-1-2-10)16(24)11-3-5-12(6-4-11)27-17(20)21/h3-8,10,17H,1-2,9H2. The Kier molecular flexibility index (Phi) is 5.98. The van der Waals surface area contributed by atoms with Gasteiger partial charge in [0.25, 0.3) is 5.91 Å². The van der Waals surface area contributed by atoms with Gasteiger partial charge < -0.3 is 9.94 Å². The molecule has 0 aliphatic heterocycles. The average Bonchev–Trinajstić information content (AvgIpc) is 3.41. The van der Waals surface area contributed by atoms with E-state index in [-0.39, 0.29) is 33.7 Å². The third kappa shape index (κ3) is 4.97. The van der Waals surface area contributed by atoms with E-state index in [4.69, 9.17) is 28.0 Å². The van der Waals surface area contributed by atoms with Crippen molar-refractivity contribution in [2.45, 2.75) is 19.5 Å². The summed E-state index contributed by atoms with van der Waals surface area (Å²) in [6, 6.07) is 5.09. The summed E-state index contributed by atoms with van der Waals surface area (Å²) in [5.41, 5.74) is 0.169. The third-order valence-corrected chi connectivity index (χ3v) is 4.34. The van der Waals surface area contributed by atoms with E-state index in [1.54, 1.807) is 0 Å². The summed E-state index contributed by atoms with van der Waals surface area (Å²) in [6.45, 7) is -2.69. The van der Waals surface area contributed by atoms with Gasteiger partial charge in [0.05, 0.1) is 6.61 Å². The maximum absolute atomic E-state index is 12.9. The lowest BCUT2D eigenvalue weighted by Gasteiger charge is -2.23. The number of hydrogen-bond donors (Lipinski definition) is 0. The van der Waals surface area contributed by atoms with Gasteiger partial charge in [0, 0.05) is 5.56 Å². The molecular formula is C17H14Cl2F2N2O4. The molecule has 1 aliphatic rings.